The Labute approximate surface area is 130 Å². The highest BCUT2D eigenvalue weighted by Gasteiger charge is 2.34. The van der Waals surface area contributed by atoms with Crippen molar-refractivity contribution in [1.29, 1.82) is 0 Å². The van der Waals surface area contributed by atoms with Crippen LogP contribution in [0, 0.1) is 0 Å². The second-order valence-electron chi connectivity index (χ2n) is 6.21. The molecule has 22 heavy (non-hydrogen) atoms. The lowest BCUT2D eigenvalue weighted by Gasteiger charge is -2.39. The third-order valence-electron chi connectivity index (χ3n) is 4.34. The number of aryl methyl sites for hydroxylation is 1. The van der Waals surface area contributed by atoms with Gasteiger partial charge < -0.3 is 14.6 Å². The molecule has 1 saturated heterocycles. The first kappa shape index (κ1) is 15.1. The van der Waals surface area contributed by atoms with E-state index in [0.29, 0.717) is 13.0 Å². The molecule has 3 rings (SSSR count). The van der Waals surface area contributed by atoms with E-state index in [-0.39, 0.29) is 0 Å². The molecule has 3 heterocycles. The molecule has 0 aromatic carbocycles. The predicted octanol–water partition coefficient (Wildman–Crippen LogP) is 0.822. The summed E-state index contributed by atoms with van der Waals surface area (Å²) in [4.78, 5) is 6.69. The van der Waals surface area contributed by atoms with E-state index in [2.05, 4.69) is 26.1 Å². The topological polar surface area (TPSA) is 67.1 Å². The lowest BCUT2D eigenvalue weighted by molar-refractivity contribution is -0.0316. The molecule has 6 nitrogen and oxygen atoms in total. The van der Waals surface area contributed by atoms with Gasteiger partial charge in [0.15, 0.2) is 0 Å². The number of likely N-dealkylation sites (tertiary alicyclic amines) is 1. The standard InChI is InChI=1S/C16H23N5O/c1-20-13-18-19-15(20)11-16(22)7-4-9-21(12-16)10-6-14-5-2-3-8-17-14/h2-3,5,8,13,22H,4,6-7,9-12H2,1H3. The Bertz CT molecular complexity index is 600. The molecule has 2 aromatic rings. The normalized spacial score (nSPS) is 22.8. The van der Waals surface area contributed by atoms with Gasteiger partial charge >= 0.3 is 0 Å². The van der Waals surface area contributed by atoms with Crippen molar-refractivity contribution in [2.45, 2.75) is 31.3 Å². The summed E-state index contributed by atoms with van der Waals surface area (Å²) in [6.45, 7) is 2.65. The molecule has 1 unspecified atom stereocenters. The number of rotatable bonds is 5. The van der Waals surface area contributed by atoms with Crippen molar-refractivity contribution in [3.05, 3.63) is 42.2 Å². The van der Waals surface area contributed by atoms with Gasteiger partial charge in [0.05, 0.1) is 5.60 Å². The second kappa shape index (κ2) is 6.54. The van der Waals surface area contributed by atoms with Crippen molar-refractivity contribution in [3.63, 3.8) is 0 Å². The van der Waals surface area contributed by atoms with Gasteiger partial charge in [-0.1, -0.05) is 6.07 Å². The zero-order valence-corrected chi connectivity index (χ0v) is 13.0. The molecule has 0 aliphatic carbocycles. The molecular weight excluding hydrogens is 278 g/mol. The van der Waals surface area contributed by atoms with Gasteiger partial charge in [-0.2, -0.15) is 0 Å². The van der Waals surface area contributed by atoms with Gasteiger partial charge in [-0.3, -0.25) is 4.98 Å². The van der Waals surface area contributed by atoms with Crippen LogP contribution in [-0.4, -0.2) is 55.0 Å². The Morgan fingerprint density at radius 1 is 1.36 bits per heavy atom. The summed E-state index contributed by atoms with van der Waals surface area (Å²) < 4.78 is 1.88. The van der Waals surface area contributed by atoms with Crippen LogP contribution in [0.5, 0.6) is 0 Å². The van der Waals surface area contributed by atoms with E-state index in [0.717, 1.165) is 43.9 Å². The number of piperidine rings is 1. The minimum atomic E-state index is -0.705. The number of aromatic nitrogens is 4. The van der Waals surface area contributed by atoms with Crippen LogP contribution < -0.4 is 0 Å². The summed E-state index contributed by atoms with van der Waals surface area (Å²) in [6.07, 6.45) is 6.82. The molecule has 0 saturated carbocycles. The number of hydrogen-bond donors (Lipinski definition) is 1. The van der Waals surface area contributed by atoms with Crippen molar-refractivity contribution >= 4 is 0 Å². The molecule has 1 aliphatic rings. The molecular formula is C16H23N5O. The fourth-order valence-corrected chi connectivity index (χ4v) is 3.12. The maximum absolute atomic E-state index is 10.9. The molecule has 0 amide bonds. The molecule has 0 bridgehead atoms. The first-order valence-electron chi connectivity index (χ1n) is 7.82. The van der Waals surface area contributed by atoms with E-state index in [9.17, 15) is 5.11 Å². The van der Waals surface area contributed by atoms with E-state index in [1.165, 1.54) is 0 Å². The number of nitrogens with zero attached hydrogens (tertiary/aromatic N) is 5. The van der Waals surface area contributed by atoms with Crippen LogP contribution in [0.15, 0.2) is 30.7 Å². The average Bonchev–Trinajstić information content (AvgIpc) is 2.91. The van der Waals surface area contributed by atoms with Crippen LogP contribution in [0.25, 0.3) is 0 Å². The van der Waals surface area contributed by atoms with E-state index in [1.54, 1.807) is 6.33 Å². The summed E-state index contributed by atoms with van der Waals surface area (Å²) in [5, 5.41) is 18.9. The van der Waals surface area contributed by atoms with Gasteiger partial charge in [0, 0.05) is 44.9 Å². The Kier molecular flexibility index (Phi) is 4.49. The van der Waals surface area contributed by atoms with Crippen LogP contribution in [-0.2, 0) is 19.9 Å². The largest absolute Gasteiger partial charge is 0.388 e. The molecule has 1 N–H and O–H groups in total. The molecule has 0 spiro atoms. The van der Waals surface area contributed by atoms with Crippen molar-refractivity contribution < 1.29 is 5.11 Å². The van der Waals surface area contributed by atoms with Crippen LogP contribution in [0.1, 0.15) is 24.4 Å². The maximum atomic E-state index is 10.9. The first-order valence-corrected chi connectivity index (χ1v) is 7.82. The van der Waals surface area contributed by atoms with E-state index in [1.807, 2.05) is 29.9 Å². The van der Waals surface area contributed by atoms with Crippen LogP contribution in [0.2, 0.25) is 0 Å². The fourth-order valence-electron chi connectivity index (χ4n) is 3.12. The fraction of sp³-hybridized carbons (Fsp3) is 0.562. The highest BCUT2D eigenvalue weighted by Crippen LogP contribution is 2.24. The minimum Gasteiger partial charge on any atom is -0.388 e. The molecule has 1 fully saturated rings. The van der Waals surface area contributed by atoms with Gasteiger partial charge in [0.2, 0.25) is 0 Å². The van der Waals surface area contributed by atoms with Gasteiger partial charge in [-0.15, -0.1) is 10.2 Å². The summed E-state index contributed by atoms with van der Waals surface area (Å²) in [6, 6.07) is 6.00. The number of hydrogen-bond acceptors (Lipinski definition) is 5. The van der Waals surface area contributed by atoms with E-state index >= 15 is 0 Å². The Hall–Kier alpha value is -1.79. The molecule has 118 valence electrons. The second-order valence-corrected chi connectivity index (χ2v) is 6.21. The monoisotopic (exact) mass is 301 g/mol. The third-order valence-corrected chi connectivity index (χ3v) is 4.34. The van der Waals surface area contributed by atoms with Crippen molar-refractivity contribution in [2.75, 3.05) is 19.6 Å². The Morgan fingerprint density at radius 2 is 2.27 bits per heavy atom. The highest BCUT2D eigenvalue weighted by atomic mass is 16.3. The van der Waals surface area contributed by atoms with Crippen molar-refractivity contribution in [1.82, 2.24) is 24.6 Å². The summed E-state index contributed by atoms with van der Waals surface area (Å²) >= 11 is 0. The third kappa shape index (κ3) is 3.69. The molecule has 1 atom stereocenters. The van der Waals surface area contributed by atoms with Gasteiger partial charge in [-0.25, -0.2) is 0 Å². The SMILES string of the molecule is Cn1cnnc1CC1(O)CCCN(CCc2ccccn2)C1. The molecule has 2 aromatic heterocycles. The molecule has 1 aliphatic heterocycles. The number of pyridine rings is 1. The van der Waals surface area contributed by atoms with E-state index < -0.39 is 5.60 Å². The number of β-amino-alcohol motifs (C(OH)–C–C–N with tert-alkyl or cyclic N) is 1. The highest BCUT2D eigenvalue weighted by molar-refractivity contribution is 5.04. The van der Waals surface area contributed by atoms with Gasteiger partial charge in [0.25, 0.3) is 0 Å². The molecule has 0 radical (unpaired) electrons. The van der Waals surface area contributed by atoms with Gasteiger partial charge in [-0.05, 0) is 31.5 Å². The zero-order chi connectivity index (χ0) is 15.4. The summed E-state index contributed by atoms with van der Waals surface area (Å²) in [7, 11) is 1.92. The molecule has 6 heteroatoms. The average molecular weight is 301 g/mol. The first-order chi connectivity index (χ1) is 10.6. The minimum absolute atomic E-state index is 0.559. The number of aliphatic hydroxyl groups is 1. The zero-order valence-electron chi connectivity index (χ0n) is 13.0. The Balaban J connectivity index is 1.57. The lowest BCUT2D eigenvalue weighted by Crippen LogP contribution is -2.50. The van der Waals surface area contributed by atoms with Gasteiger partial charge in [0.1, 0.15) is 12.2 Å². The quantitative estimate of drug-likeness (QED) is 0.886. The maximum Gasteiger partial charge on any atom is 0.135 e. The smallest absolute Gasteiger partial charge is 0.135 e. The predicted molar refractivity (Wildman–Crippen MR) is 83.3 cm³/mol. The lowest BCUT2D eigenvalue weighted by atomic mass is 9.89. The van der Waals surface area contributed by atoms with E-state index in [4.69, 9.17) is 0 Å². The summed E-state index contributed by atoms with van der Waals surface area (Å²) in [5.74, 6) is 0.842. The van der Waals surface area contributed by atoms with Crippen molar-refractivity contribution in [3.8, 4) is 0 Å². The van der Waals surface area contributed by atoms with Crippen LogP contribution in [0.3, 0.4) is 0 Å². The van der Waals surface area contributed by atoms with Crippen molar-refractivity contribution in [2.24, 2.45) is 7.05 Å². The summed E-state index contributed by atoms with van der Waals surface area (Å²) in [5.41, 5.74) is 0.397. The Morgan fingerprint density at radius 3 is 3.00 bits per heavy atom. The van der Waals surface area contributed by atoms with Crippen LogP contribution in [0.4, 0.5) is 0 Å². The van der Waals surface area contributed by atoms with Crippen LogP contribution >= 0.6 is 0 Å².